The lowest BCUT2D eigenvalue weighted by Crippen LogP contribution is -2.00. The van der Waals surface area contributed by atoms with Gasteiger partial charge in [0.15, 0.2) is 17.4 Å². The molecule has 80 valence electrons. The van der Waals surface area contributed by atoms with Crippen molar-refractivity contribution < 1.29 is 17.9 Å². The molecule has 5 nitrogen and oxygen atoms in total. The molecule has 0 amide bonds. The first-order valence-electron chi connectivity index (χ1n) is 4.19. The van der Waals surface area contributed by atoms with Gasteiger partial charge in [0.05, 0.1) is 19.7 Å². The van der Waals surface area contributed by atoms with Crippen LogP contribution in [-0.4, -0.2) is 17.2 Å². The summed E-state index contributed by atoms with van der Waals surface area (Å²) in [7, 11) is 3.04. The first-order valence-corrected chi connectivity index (χ1v) is 4.89. The van der Waals surface area contributed by atoms with Crippen LogP contribution in [0.2, 0.25) is 0 Å². The zero-order chi connectivity index (χ0) is 10.8. The summed E-state index contributed by atoms with van der Waals surface area (Å²) >= 11 is 1.08. The van der Waals surface area contributed by atoms with Gasteiger partial charge in [-0.15, -0.1) is 4.13 Å². The van der Waals surface area contributed by atoms with Crippen LogP contribution in [0.3, 0.4) is 0 Å². The van der Waals surface area contributed by atoms with Crippen LogP contribution >= 0.6 is 11.8 Å². The van der Waals surface area contributed by atoms with Gasteiger partial charge in [0.2, 0.25) is 5.58 Å². The summed E-state index contributed by atoms with van der Waals surface area (Å²) in [6.45, 7) is 0. The third-order valence-corrected chi connectivity index (χ3v) is 2.36. The molecule has 15 heavy (non-hydrogen) atoms. The number of rotatable bonds is 1. The van der Waals surface area contributed by atoms with Gasteiger partial charge in [-0.05, 0) is 12.1 Å². The highest BCUT2D eigenvalue weighted by Gasteiger charge is 2.08. The number of esters is 1. The molecule has 0 atom stereocenters. The second-order valence-corrected chi connectivity index (χ2v) is 3.67. The standard InChI is InChI=1S/C9H9NO4S/c1-10-13-8-5-6(9(11)12-2)3-4-7(8)14-15-10/h3-5H,1-2H3. The fourth-order valence-corrected chi connectivity index (χ4v) is 1.57. The van der Waals surface area contributed by atoms with Crippen molar-refractivity contribution in [1.29, 1.82) is 0 Å². The number of aryl methyl sites for hydroxylation is 1. The maximum absolute atomic E-state index is 11.2. The molecule has 6 heteroatoms. The van der Waals surface area contributed by atoms with Crippen LogP contribution in [0.1, 0.15) is 10.4 Å². The molecule has 0 saturated carbocycles. The molecule has 0 saturated heterocycles. The van der Waals surface area contributed by atoms with Gasteiger partial charge < -0.3 is 13.1 Å². The SMILES string of the molecule is COC(=O)c1ccc2osn(C)oc2c1. The van der Waals surface area contributed by atoms with E-state index in [-0.39, 0.29) is 0 Å². The third kappa shape index (κ3) is 1.89. The minimum absolute atomic E-state index is 0.401. The summed E-state index contributed by atoms with van der Waals surface area (Å²) in [5.41, 5.74) is 1.52. The first-order chi connectivity index (χ1) is 7.20. The summed E-state index contributed by atoms with van der Waals surface area (Å²) in [5.74, 6) is -0.401. The second kappa shape index (κ2) is 3.82. The van der Waals surface area contributed by atoms with E-state index in [9.17, 15) is 4.79 Å². The highest BCUT2D eigenvalue weighted by molar-refractivity contribution is 6.96. The molecule has 0 bridgehead atoms. The number of methoxy groups -OCH3 is 1. The van der Waals surface area contributed by atoms with Crippen molar-refractivity contribution in [1.82, 2.24) is 4.13 Å². The summed E-state index contributed by atoms with van der Waals surface area (Å²) in [4.78, 5) is 11.2. The molecular formula is C9H9NO4S. The Hall–Kier alpha value is -1.69. The van der Waals surface area contributed by atoms with Gasteiger partial charge in [-0.3, -0.25) is 0 Å². The Balaban J connectivity index is 2.59. The molecule has 0 aliphatic rings. The summed E-state index contributed by atoms with van der Waals surface area (Å²) in [6, 6.07) is 4.87. The minimum Gasteiger partial charge on any atom is -0.465 e. The monoisotopic (exact) mass is 227 g/mol. The Morgan fingerprint density at radius 3 is 3.00 bits per heavy atom. The average Bonchev–Trinajstić information content (AvgIpc) is 2.27. The Morgan fingerprint density at radius 1 is 1.47 bits per heavy atom. The van der Waals surface area contributed by atoms with E-state index in [2.05, 4.69) is 4.74 Å². The van der Waals surface area contributed by atoms with Crippen molar-refractivity contribution in [3.05, 3.63) is 23.8 Å². The lowest BCUT2D eigenvalue weighted by Gasteiger charge is -2.01. The normalized spacial score (nSPS) is 10.3. The van der Waals surface area contributed by atoms with Crippen molar-refractivity contribution in [2.24, 2.45) is 7.05 Å². The molecule has 1 heterocycles. The number of nitrogens with zero attached hydrogens (tertiary/aromatic N) is 1. The van der Waals surface area contributed by atoms with Gasteiger partial charge >= 0.3 is 5.97 Å². The number of aromatic nitrogens is 1. The largest absolute Gasteiger partial charge is 0.465 e. The van der Waals surface area contributed by atoms with E-state index in [0.29, 0.717) is 16.7 Å². The van der Waals surface area contributed by atoms with E-state index < -0.39 is 5.97 Å². The number of hydrogen-bond acceptors (Lipinski definition) is 5. The second-order valence-electron chi connectivity index (χ2n) is 2.84. The van der Waals surface area contributed by atoms with Crippen LogP contribution in [0.15, 0.2) is 26.6 Å². The molecule has 0 aliphatic carbocycles. The van der Waals surface area contributed by atoms with Crippen LogP contribution in [0.25, 0.3) is 11.2 Å². The van der Waals surface area contributed by atoms with Crippen LogP contribution in [0.5, 0.6) is 0 Å². The number of carbonyl (C=O) groups excluding carboxylic acids is 1. The molecule has 0 aliphatic heterocycles. The van der Waals surface area contributed by atoms with Crippen LogP contribution in [0, 0.1) is 0 Å². The zero-order valence-corrected chi connectivity index (χ0v) is 9.04. The van der Waals surface area contributed by atoms with Crippen molar-refractivity contribution in [2.45, 2.75) is 0 Å². The molecule has 2 aromatic rings. The smallest absolute Gasteiger partial charge is 0.337 e. The zero-order valence-electron chi connectivity index (χ0n) is 8.22. The molecule has 0 N–H and O–H groups in total. The lowest BCUT2D eigenvalue weighted by molar-refractivity contribution is 0.0600. The van der Waals surface area contributed by atoms with E-state index >= 15 is 0 Å². The van der Waals surface area contributed by atoms with E-state index in [4.69, 9.17) is 8.37 Å². The molecule has 0 radical (unpaired) electrons. The molecule has 1 aromatic carbocycles. The molecule has 1 aromatic heterocycles. The van der Waals surface area contributed by atoms with Crippen LogP contribution in [-0.2, 0) is 11.8 Å². The predicted molar refractivity (Wildman–Crippen MR) is 54.3 cm³/mol. The van der Waals surface area contributed by atoms with Gasteiger partial charge in [0, 0.05) is 6.07 Å². The Bertz CT molecular complexity index is 529. The third-order valence-electron chi connectivity index (χ3n) is 1.82. The summed E-state index contributed by atoms with van der Waals surface area (Å²) < 4.78 is 16.6. The van der Waals surface area contributed by atoms with Crippen molar-refractivity contribution in [3.8, 4) is 0 Å². The van der Waals surface area contributed by atoms with E-state index in [0.717, 1.165) is 11.8 Å². The number of benzene rings is 1. The quantitative estimate of drug-likeness (QED) is 0.701. The maximum atomic E-state index is 11.2. The molecule has 2 rings (SSSR count). The summed E-state index contributed by atoms with van der Waals surface area (Å²) in [6.07, 6.45) is 0. The fraction of sp³-hybridized carbons (Fsp3) is 0.222. The Kier molecular flexibility index (Phi) is 2.51. The Morgan fingerprint density at radius 2 is 2.27 bits per heavy atom. The number of fused-ring (bicyclic) bond motifs is 1. The van der Waals surface area contributed by atoms with Crippen molar-refractivity contribution >= 4 is 29.0 Å². The predicted octanol–water partition coefficient (Wildman–Crippen LogP) is 2.34. The lowest BCUT2D eigenvalue weighted by atomic mass is 10.2. The van der Waals surface area contributed by atoms with E-state index in [1.54, 1.807) is 25.2 Å². The van der Waals surface area contributed by atoms with Crippen molar-refractivity contribution in [2.75, 3.05) is 7.11 Å². The van der Waals surface area contributed by atoms with Gasteiger partial charge in [-0.1, -0.05) is 0 Å². The fourth-order valence-electron chi connectivity index (χ4n) is 1.14. The van der Waals surface area contributed by atoms with Gasteiger partial charge in [-0.2, -0.15) is 0 Å². The highest BCUT2D eigenvalue weighted by Crippen LogP contribution is 2.17. The molecule has 0 fully saturated rings. The van der Waals surface area contributed by atoms with E-state index in [1.807, 2.05) is 0 Å². The molecule has 0 unspecified atom stereocenters. The molecular weight excluding hydrogens is 218 g/mol. The van der Waals surface area contributed by atoms with Gasteiger partial charge in [0.1, 0.15) is 0 Å². The number of ether oxygens (including phenoxy) is 1. The highest BCUT2D eigenvalue weighted by atomic mass is 32.1. The minimum atomic E-state index is -0.401. The van der Waals surface area contributed by atoms with Gasteiger partial charge in [0.25, 0.3) is 0 Å². The van der Waals surface area contributed by atoms with Crippen LogP contribution in [0.4, 0.5) is 0 Å². The Labute approximate surface area is 89.5 Å². The number of carbonyl (C=O) groups is 1. The average molecular weight is 227 g/mol. The maximum Gasteiger partial charge on any atom is 0.337 e. The van der Waals surface area contributed by atoms with E-state index in [1.165, 1.54) is 11.2 Å². The molecule has 0 spiro atoms. The van der Waals surface area contributed by atoms with Gasteiger partial charge in [-0.25, -0.2) is 4.79 Å². The van der Waals surface area contributed by atoms with Crippen molar-refractivity contribution in [3.63, 3.8) is 0 Å². The van der Waals surface area contributed by atoms with Crippen LogP contribution < -0.4 is 0 Å². The first kappa shape index (κ1) is 9.85. The summed E-state index contributed by atoms with van der Waals surface area (Å²) in [5, 5.41) is 0. The topological polar surface area (TPSA) is 57.5 Å². The number of hydrogen-bond donors (Lipinski definition) is 0.